The lowest BCUT2D eigenvalue weighted by molar-refractivity contribution is 0.809. The minimum absolute atomic E-state index is 0.579. The van der Waals surface area contributed by atoms with E-state index in [0.717, 1.165) is 78.5 Å². The summed E-state index contributed by atoms with van der Waals surface area (Å²) in [5, 5.41) is 0. The first-order chi connectivity index (χ1) is 25.8. The number of halogens is 1. The van der Waals surface area contributed by atoms with Gasteiger partial charge in [-0.2, -0.15) is 0 Å². The summed E-state index contributed by atoms with van der Waals surface area (Å²) in [6, 6.07) is 56.1. The largest absolute Gasteiger partial charge is 0.499 e. The van der Waals surface area contributed by atoms with E-state index in [4.69, 9.17) is 4.99 Å². The molecular weight excluding hydrogens is 646 g/mol. The molecule has 0 saturated heterocycles. The Morgan fingerprint density at radius 1 is 0.528 bits per heavy atom. The SMILES string of the molecule is Cc1ccc(C2=CC(c3ccc(C)cc3)=N/C2=C(/c2ccccc2)c2c(-c3ccc(C)cc3)cc(-c3ccc(C)cc3)n2B(F)c2ccccc2)cc1. The van der Waals surface area contributed by atoms with Gasteiger partial charge < -0.3 is 4.48 Å². The quantitative estimate of drug-likeness (QED) is 0.142. The Kier molecular flexibility index (Phi) is 9.20. The van der Waals surface area contributed by atoms with Crippen LogP contribution in [0.15, 0.2) is 181 Å². The number of hydrogen-bond donors (Lipinski definition) is 0. The van der Waals surface area contributed by atoms with E-state index in [1.54, 1.807) is 0 Å². The number of rotatable bonds is 8. The summed E-state index contributed by atoms with van der Waals surface area (Å²) in [7, 11) is -1.49. The van der Waals surface area contributed by atoms with Crippen molar-refractivity contribution in [3.8, 4) is 22.4 Å². The fourth-order valence-electron chi connectivity index (χ4n) is 7.10. The van der Waals surface area contributed by atoms with Crippen molar-refractivity contribution in [3.63, 3.8) is 0 Å². The van der Waals surface area contributed by atoms with Gasteiger partial charge in [0.1, 0.15) is 0 Å². The molecule has 256 valence electrons. The second kappa shape index (κ2) is 14.4. The van der Waals surface area contributed by atoms with Gasteiger partial charge in [-0.25, -0.2) is 4.99 Å². The predicted molar refractivity (Wildman–Crippen MR) is 222 cm³/mol. The van der Waals surface area contributed by atoms with Crippen LogP contribution in [0, 0.1) is 27.7 Å². The van der Waals surface area contributed by atoms with E-state index in [-0.39, 0.29) is 0 Å². The molecule has 53 heavy (non-hydrogen) atoms. The van der Waals surface area contributed by atoms with E-state index in [0.29, 0.717) is 5.46 Å². The highest BCUT2D eigenvalue weighted by Gasteiger charge is 2.34. The summed E-state index contributed by atoms with van der Waals surface area (Å²) in [5.74, 6) is 0. The van der Waals surface area contributed by atoms with Gasteiger partial charge >= 0.3 is 7.12 Å². The third kappa shape index (κ3) is 6.77. The Labute approximate surface area is 312 Å². The van der Waals surface area contributed by atoms with Crippen LogP contribution < -0.4 is 5.46 Å². The molecule has 0 saturated carbocycles. The third-order valence-electron chi connectivity index (χ3n) is 10.1. The van der Waals surface area contributed by atoms with Gasteiger partial charge in [0, 0.05) is 33.7 Å². The Morgan fingerprint density at radius 2 is 1.00 bits per heavy atom. The molecule has 2 nitrogen and oxygen atoms in total. The second-order valence-corrected chi connectivity index (χ2v) is 14.0. The number of allylic oxidation sites excluding steroid dienone is 2. The maximum Gasteiger partial charge on any atom is 0.499 e. The topological polar surface area (TPSA) is 17.3 Å². The molecule has 8 rings (SSSR count). The van der Waals surface area contributed by atoms with E-state index >= 15 is 4.32 Å². The molecule has 2 heterocycles. The van der Waals surface area contributed by atoms with Crippen molar-refractivity contribution < 1.29 is 4.32 Å². The number of aliphatic imine (C=N–C) groups is 1. The van der Waals surface area contributed by atoms with Gasteiger partial charge in [-0.3, -0.25) is 4.32 Å². The van der Waals surface area contributed by atoms with Crippen molar-refractivity contribution in [2.75, 3.05) is 0 Å². The zero-order valence-electron chi connectivity index (χ0n) is 30.5. The summed E-state index contributed by atoms with van der Waals surface area (Å²) < 4.78 is 19.7. The van der Waals surface area contributed by atoms with Crippen LogP contribution in [0.5, 0.6) is 0 Å². The van der Waals surface area contributed by atoms with Crippen molar-refractivity contribution in [2.45, 2.75) is 27.7 Å². The molecule has 0 aliphatic carbocycles. The van der Waals surface area contributed by atoms with E-state index in [9.17, 15) is 0 Å². The van der Waals surface area contributed by atoms with E-state index in [1.807, 2.05) is 40.9 Å². The highest BCUT2D eigenvalue weighted by molar-refractivity contribution is 6.66. The molecule has 0 amide bonds. The van der Waals surface area contributed by atoms with Gasteiger partial charge in [-0.05, 0) is 67.6 Å². The Hall–Kier alpha value is -6.26. The summed E-state index contributed by atoms with van der Waals surface area (Å²) >= 11 is 0. The smallest absolute Gasteiger partial charge is 0.351 e. The summed E-state index contributed by atoms with van der Waals surface area (Å²) in [6.07, 6.45) is 2.19. The molecule has 7 aromatic rings. The summed E-state index contributed by atoms with van der Waals surface area (Å²) in [4.78, 5) is 5.50. The molecule has 1 aliphatic heterocycles. The van der Waals surface area contributed by atoms with Crippen LogP contribution in [0.2, 0.25) is 0 Å². The van der Waals surface area contributed by atoms with Crippen LogP contribution in [0.3, 0.4) is 0 Å². The maximum absolute atomic E-state index is 17.8. The normalized spacial score (nSPS) is 13.5. The van der Waals surface area contributed by atoms with Crippen molar-refractivity contribution in [2.24, 2.45) is 4.99 Å². The molecule has 0 atom stereocenters. The standard InChI is InChI=1S/C49H40BFN2/c1-33-15-23-37(24-16-33)43-31-45(39-27-19-35(3)20-28-39)52-48(43)47(41-11-7-5-8-12-41)49-44(38-25-17-34(2)18-26-38)32-46(40-29-21-36(4)22-30-40)53(49)50(51)42-13-9-6-10-14-42/h5-32H,1-4H3/b48-47-. The van der Waals surface area contributed by atoms with E-state index in [1.165, 1.54) is 11.1 Å². The lowest BCUT2D eigenvalue weighted by atomic mass is 9.75. The monoisotopic (exact) mass is 686 g/mol. The Morgan fingerprint density at radius 3 is 1.55 bits per heavy atom. The predicted octanol–water partition coefficient (Wildman–Crippen LogP) is 11.6. The Bertz CT molecular complexity index is 2490. The lowest BCUT2D eigenvalue weighted by Gasteiger charge is -2.22. The van der Waals surface area contributed by atoms with Gasteiger partial charge in [0.2, 0.25) is 0 Å². The molecule has 1 aliphatic rings. The molecule has 0 radical (unpaired) electrons. The highest BCUT2D eigenvalue weighted by atomic mass is 19.1. The molecule has 0 unspecified atom stereocenters. The van der Waals surface area contributed by atoms with Crippen LogP contribution in [-0.2, 0) is 0 Å². The molecule has 4 heteroatoms. The van der Waals surface area contributed by atoms with Crippen LogP contribution in [0.1, 0.15) is 44.6 Å². The molecule has 6 aromatic carbocycles. The molecular formula is C49H40BFN2. The number of hydrogen-bond acceptors (Lipinski definition) is 1. The third-order valence-corrected chi connectivity index (χ3v) is 10.1. The van der Waals surface area contributed by atoms with Crippen molar-refractivity contribution in [3.05, 3.63) is 220 Å². The van der Waals surface area contributed by atoms with Gasteiger partial charge in [0.25, 0.3) is 0 Å². The van der Waals surface area contributed by atoms with E-state index < -0.39 is 7.12 Å². The van der Waals surface area contributed by atoms with Gasteiger partial charge in [-0.1, -0.05) is 180 Å². The zero-order valence-corrected chi connectivity index (χ0v) is 30.5. The molecule has 0 fully saturated rings. The zero-order chi connectivity index (χ0) is 36.5. The molecule has 1 aromatic heterocycles. The maximum atomic E-state index is 17.8. The first-order valence-corrected chi connectivity index (χ1v) is 18.2. The second-order valence-electron chi connectivity index (χ2n) is 14.0. The van der Waals surface area contributed by atoms with E-state index in [2.05, 4.69) is 161 Å². The van der Waals surface area contributed by atoms with Crippen molar-refractivity contribution in [1.29, 1.82) is 0 Å². The van der Waals surface area contributed by atoms with Crippen LogP contribution in [0.25, 0.3) is 33.5 Å². The number of nitrogens with zero attached hydrogens (tertiary/aromatic N) is 2. The minimum atomic E-state index is -1.49. The fourth-order valence-corrected chi connectivity index (χ4v) is 7.10. The first-order valence-electron chi connectivity index (χ1n) is 18.2. The van der Waals surface area contributed by atoms with Crippen LogP contribution in [0.4, 0.5) is 4.32 Å². The number of aromatic nitrogens is 1. The first kappa shape index (κ1) is 33.9. The van der Waals surface area contributed by atoms with Crippen LogP contribution in [-0.4, -0.2) is 17.3 Å². The van der Waals surface area contributed by atoms with Crippen LogP contribution >= 0.6 is 0 Å². The van der Waals surface area contributed by atoms with Gasteiger partial charge in [-0.15, -0.1) is 0 Å². The summed E-state index contributed by atoms with van der Waals surface area (Å²) in [6.45, 7) is 8.37. The fraction of sp³-hybridized carbons (Fsp3) is 0.0816. The average Bonchev–Trinajstić information content (AvgIpc) is 3.80. The number of aryl methyl sites for hydroxylation is 4. The minimum Gasteiger partial charge on any atom is -0.351 e. The average molecular weight is 687 g/mol. The lowest BCUT2D eigenvalue weighted by Crippen LogP contribution is -2.35. The summed E-state index contributed by atoms with van der Waals surface area (Å²) in [5.41, 5.74) is 16.3. The molecule has 0 bridgehead atoms. The van der Waals surface area contributed by atoms with Crippen molar-refractivity contribution in [1.82, 2.24) is 4.48 Å². The van der Waals surface area contributed by atoms with Gasteiger partial charge in [0.15, 0.2) is 0 Å². The molecule has 0 N–H and O–H groups in total. The Balaban J connectivity index is 1.53. The molecule has 0 spiro atoms. The number of benzene rings is 6. The van der Waals surface area contributed by atoms with Crippen molar-refractivity contribution >= 4 is 29.4 Å². The van der Waals surface area contributed by atoms with Gasteiger partial charge in [0.05, 0.1) is 11.4 Å². The highest BCUT2D eigenvalue weighted by Crippen LogP contribution is 2.45.